The van der Waals surface area contributed by atoms with Gasteiger partial charge in [-0.3, -0.25) is 0 Å². The normalized spacial score (nSPS) is 10.6. The summed E-state index contributed by atoms with van der Waals surface area (Å²) in [4.78, 5) is 4.41. The van der Waals surface area contributed by atoms with E-state index in [0.29, 0.717) is 0 Å². The molecule has 0 aliphatic heterocycles. The highest BCUT2D eigenvalue weighted by Crippen LogP contribution is 2.13. The average Bonchev–Trinajstić information content (AvgIpc) is 2.34. The van der Waals surface area contributed by atoms with Crippen LogP contribution >= 0.6 is 0 Å². The second-order valence-electron chi connectivity index (χ2n) is 4.69. The van der Waals surface area contributed by atoms with Crippen LogP contribution in [0, 0.1) is 6.92 Å². The summed E-state index contributed by atoms with van der Waals surface area (Å²) < 4.78 is 5.70. The van der Waals surface area contributed by atoms with Gasteiger partial charge < -0.3 is 10.1 Å². The van der Waals surface area contributed by atoms with Gasteiger partial charge in [0, 0.05) is 18.3 Å². The number of hydrogen-bond donors (Lipinski definition) is 1. The summed E-state index contributed by atoms with van der Waals surface area (Å²) in [6.45, 7) is 9.10. The Morgan fingerprint density at radius 2 is 2.00 bits per heavy atom. The van der Waals surface area contributed by atoms with Crippen molar-refractivity contribution in [2.75, 3.05) is 13.2 Å². The summed E-state index contributed by atoms with van der Waals surface area (Å²) in [7, 11) is 0. The molecule has 0 spiro atoms. The lowest BCUT2D eigenvalue weighted by molar-refractivity contribution is 0.294. The molecule has 0 aliphatic rings. The monoisotopic (exact) mass is 250 g/mol. The van der Waals surface area contributed by atoms with Gasteiger partial charge in [0.1, 0.15) is 0 Å². The van der Waals surface area contributed by atoms with Crippen molar-refractivity contribution in [3.8, 4) is 5.88 Å². The Morgan fingerprint density at radius 1 is 1.17 bits per heavy atom. The zero-order valence-electron chi connectivity index (χ0n) is 12.0. The lowest BCUT2D eigenvalue weighted by Crippen LogP contribution is -2.14. The fraction of sp³-hybridized carbons (Fsp3) is 0.667. The molecular formula is C15H26N2O. The highest BCUT2D eigenvalue weighted by atomic mass is 16.5. The summed E-state index contributed by atoms with van der Waals surface area (Å²) >= 11 is 0. The molecule has 0 atom stereocenters. The van der Waals surface area contributed by atoms with Crippen LogP contribution in [-0.2, 0) is 6.54 Å². The summed E-state index contributed by atoms with van der Waals surface area (Å²) in [5, 5.41) is 3.40. The molecule has 1 heterocycles. The van der Waals surface area contributed by atoms with Crippen molar-refractivity contribution in [3.63, 3.8) is 0 Å². The molecule has 0 aromatic carbocycles. The lowest BCUT2D eigenvalue weighted by Gasteiger charge is -2.09. The number of pyridine rings is 1. The number of nitrogens with one attached hydrogen (secondary N) is 1. The van der Waals surface area contributed by atoms with E-state index in [-0.39, 0.29) is 0 Å². The maximum Gasteiger partial charge on any atom is 0.213 e. The molecule has 3 heteroatoms. The Hall–Kier alpha value is -1.09. The highest BCUT2D eigenvalue weighted by molar-refractivity contribution is 5.24. The molecule has 3 nitrogen and oxygen atoms in total. The van der Waals surface area contributed by atoms with Gasteiger partial charge in [-0.15, -0.1) is 0 Å². The minimum atomic E-state index is 0.763. The largest absolute Gasteiger partial charge is 0.478 e. The standard InChI is InChI=1S/C15H26N2O/c1-4-6-7-9-18-15-11-14(10-13(3)17-15)12-16-8-5-2/h10-11,16H,4-9,12H2,1-3H3. The molecule has 1 N–H and O–H groups in total. The van der Waals surface area contributed by atoms with E-state index in [4.69, 9.17) is 4.74 Å². The van der Waals surface area contributed by atoms with Gasteiger partial charge in [0.2, 0.25) is 5.88 Å². The number of aromatic nitrogens is 1. The van der Waals surface area contributed by atoms with Gasteiger partial charge >= 0.3 is 0 Å². The van der Waals surface area contributed by atoms with Gasteiger partial charge in [0.15, 0.2) is 0 Å². The van der Waals surface area contributed by atoms with E-state index in [1.807, 2.05) is 13.0 Å². The third-order valence-electron chi connectivity index (χ3n) is 2.74. The van der Waals surface area contributed by atoms with Crippen molar-refractivity contribution in [1.82, 2.24) is 10.3 Å². The Morgan fingerprint density at radius 3 is 2.72 bits per heavy atom. The van der Waals surface area contributed by atoms with Crippen molar-refractivity contribution < 1.29 is 4.74 Å². The first-order chi connectivity index (χ1) is 8.76. The van der Waals surface area contributed by atoms with E-state index >= 15 is 0 Å². The predicted molar refractivity (Wildman–Crippen MR) is 76.0 cm³/mol. The molecule has 0 bridgehead atoms. The topological polar surface area (TPSA) is 34.1 Å². The third kappa shape index (κ3) is 6.01. The second-order valence-corrected chi connectivity index (χ2v) is 4.69. The minimum absolute atomic E-state index is 0.763. The average molecular weight is 250 g/mol. The molecule has 0 amide bonds. The van der Waals surface area contributed by atoms with Crippen molar-refractivity contribution >= 4 is 0 Å². The van der Waals surface area contributed by atoms with E-state index in [1.165, 1.54) is 18.4 Å². The van der Waals surface area contributed by atoms with Gasteiger partial charge in [-0.05, 0) is 37.9 Å². The van der Waals surface area contributed by atoms with Crippen LogP contribution in [-0.4, -0.2) is 18.1 Å². The van der Waals surface area contributed by atoms with E-state index < -0.39 is 0 Å². The number of nitrogens with zero attached hydrogens (tertiary/aromatic N) is 1. The highest BCUT2D eigenvalue weighted by Gasteiger charge is 2.01. The first kappa shape index (κ1) is 15.0. The molecule has 0 saturated carbocycles. The first-order valence-electron chi connectivity index (χ1n) is 7.07. The number of rotatable bonds is 9. The number of hydrogen-bond acceptors (Lipinski definition) is 3. The van der Waals surface area contributed by atoms with Crippen molar-refractivity contribution in [2.45, 2.75) is 53.0 Å². The molecule has 18 heavy (non-hydrogen) atoms. The second kappa shape index (κ2) is 8.92. The zero-order chi connectivity index (χ0) is 13.2. The predicted octanol–water partition coefficient (Wildman–Crippen LogP) is 3.46. The van der Waals surface area contributed by atoms with Crippen LogP contribution in [0.15, 0.2) is 12.1 Å². The Kier molecular flexibility index (Phi) is 7.42. The van der Waals surface area contributed by atoms with E-state index in [2.05, 4.69) is 30.2 Å². The maximum atomic E-state index is 5.70. The van der Waals surface area contributed by atoms with Crippen LogP contribution in [0.1, 0.15) is 50.8 Å². The van der Waals surface area contributed by atoms with Gasteiger partial charge in [0.05, 0.1) is 6.61 Å². The lowest BCUT2D eigenvalue weighted by atomic mass is 10.2. The van der Waals surface area contributed by atoms with Gasteiger partial charge in [-0.25, -0.2) is 4.98 Å². The molecule has 102 valence electrons. The summed E-state index contributed by atoms with van der Waals surface area (Å²) in [6, 6.07) is 4.16. The van der Waals surface area contributed by atoms with Crippen LogP contribution < -0.4 is 10.1 Å². The zero-order valence-corrected chi connectivity index (χ0v) is 12.0. The van der Waals surface area contributed by atoms with E-state index in [0.717, 1.165) is 44.1 Å². The first-order valence-corrected chi connectivity index (χ1v) is 7.07. The van der Waals surface area contributed by atoms with Crippen LogP contribution in [0.3, 0.4) is 0 Å². The molecule has 0 saturated heterocycles. The Balaban J connectivity index is 2.46. The smallest absolute Gasteiger partial charge is 0.213 e. The van der Waals surface area contributed by atoms with Crippen LogP contribution in [0.5, 0.6) is 5.88 Å². The number of aryl methyl sites for hydroxylation is 1. The molecule has 1 rings (SSSR count). The van der Waals surface area contributed by atoms with Crippen LogP contribution in [0.25, 0.3) is 0 Å². The molecule has 0 radical (unpaired) electrons. The van der Waals surface area contributed by atoms with Crippen molar-refractivity contribution in [3.05, 3.63) is 23.4 Å². The summed E-state index contributed by atoms with van der Waals surface area (Å²) in [5.41, 5.74) is 2.28. The third-order valence-corrected chi connectivity index (χ3v) is 2.74. The quantitative estimate of drug-likeness (QED) is 0.682. The number of unbranched alkanes of at least 4 members (excludes halogenated alkanes) is 2. The molecule has 1 aromatic rings. The molecule has 0 unspecified atom stereocenters. The van der Waals surface area contributed by atoms with Gasteiger partial charge in [-0.2, -0.15) is 0 Å². The SMILES string of the molecule is CCCCCOc1cc(CNCCC)cc(C)n1. The molecular weight excluding hydrogens is 224 g/mol. The van der Waals surface area contributed by atoms with Crippen molar-refractivity contribution in [2.24, 2.45) is 0 Å². The fourth-order valence-corrected chi connectivity index (χ4v) is 1.82. The van der Waals surface area contributed by atoms with Gasteiger partial charge in [0.25, 0.3) is 0 Å². The molecule has 0 aliphatic carbocycles. The molecule has 0 fully saturated rings. The van der Waals surface area contributed by atoms with Gasteiger partial charge in [-0.1, -0.05) is 26.7 Å². The maximum absolute atomic E-state index is 5.70. The Labute approximate surface area is 111 Å². The summed E-state index contributed by atoms with van der Waals surface area (Å²) in [6.07, 6.45) is 4.70. The van der Waals surface area contributed by atoms with Crippen molar-refractivity contribution in [1.29, 1.82) is 0 Å². The fourth-order valence-electron chi connectivity index (χ4n) is 1.82. The number of ether oxygens (including phenoxy) is 1. The summed E-state index contributed by atoms with van der Waals surface area (Å²) in [5.74, 6) is 0.763. The van der Waals surface area contributed by atoms with Crippen LogP contribution in [0.2, 0.25) is 0 Å². The Bertz CT molecular complexity index is 339. The van der Waals surface area contributed by atoms with E-state index in [1.54, 1.807) is 0 Å². The van der Waals surface area contributed by atoms with Crippen LogP contribution in [0.4, 0.5) is 0 Å². The minimum Gasteiger partial charge on any atom is -0.478 e. The van der Waals surface area contributed by atoms with E-state index in [9.17, 15) is 0 Å². The molecule has 1 aromatic heterocycles.